The third kappa shape index (κ3) is 3.01. The van der Waals surface area contributed by atoms with Crippen molar-refractivity contribution >= 4 is 27.3 Å². The summed E-state index contributed by atoms with van der Waals surface area (Å²) in [6.45, 7) is 16.5. The third-order valence-electron chi connectivity index (χ3n) is 11.2. The molecule has 0 bridgehead atoms. The van der Waals surface area contributed by atoms with Crippen molar-refractivity contribution in [2.24, 2.45) is 5.41 Å². The molecule has 200 valence electrons. The first-order valence-corrected chi connectivity index (χ1v) is 15.2. The molecule has 3 heterocycles. The molecular weight excluding hydrogens is 472 g/mol. The Bertz CT molecular complexity index is 1770. The van der Waals surface area contributed by atoms with Gasteiger partial charge in [0.05, 0.1) is 5.39 Å². The fraction of sp³-hybridized carbons (Fsp3) is 0.432. The van der Waals surface area contributed by atoms with Crippen molar-refractivity contribution in [3.05, 3.63) is 83.0 Å². The molecule has 3 aromatic carbocycles. The zero-order valence-electron chi connectivity index (χ0n) is 24.9. The molecule has 2 nitrogen and oxygen atoms in total. The van der Waals surface area contributed by atoms with Crippen LogP contribution in [0, 0.1) is 19.3 Å². The van der Waals surface area contributed by atoms with Crippen LogP contribution >= 0.6 is 0 Å². The molecule has 2 atom stereocenters. The summed E-state index contributed by atoms with van der Waals surface area (Å²) in [5, 5.41) is 4.31. The highest BCUT2D eigenvalue weighted by molar-refractivity contribution is 6.13. The van der Waals surface area contributed by atoms with Gasteiger partial charge >= 0.3 is 0 Å². The largest absolute Gasteiger partial charge is 0.296 e. The maximum absolute atomic E-state index is 2.75. The number of aromatic nitrogens is 2. The van der Waals surface area contributed by atoms with Gasteiger partial charge in [0.2, 0.25) is 0 Å². The summed E-state index contributed by atoms with van der Waals surface area (Å²) in [4.78, 5) is 0. The first kappa shape index (κ1) is 24.9. The number of fused-ring (bicyclic) bond motifs is 6. The number of nitrogens with zero attached hydrogens (tertiary/aromatic N) is 2. The standard InChI is InChI=1S/C37H43N2/c1-8-35(6,7)22-26-17-18-30-28(21-26)27-15-12-16-29-33(27)34-38(37(10-3)20-19-36(29,37)9-2)23-31(39(30)34)32-24(4)13-11-14-25(32)5/h11-18,21,23H,8-10,19-20,22H2,1-7H3/q+1. The summed E-state index contributed by atoms with van der Waals surface area (Å²) >= 11 is 0. The lowest BCUT2D eigenvalue weighted by molar-refractivity contribution is -0.769. The van der Waals surface area contributed by atoms with Crippen molar-refractivity contribution in [3.8, 4) is 11.3 Å². The van der Waals surface area contributed by atoms with Crippen molar-refractivity contribution < 1.29 is 4.57 Å². The molecule has 1 fully saturated rings. The highest BCUT2D eigenvalue weighted by atomic mass is 15.2. The average Bonchev–Trinajstić information content (AvgIpc) is 3.29. The van der Waals surface area contributed by atoms with Crippen LogP contribution in [0.2, 0.25) is 0 Å². The molecule has 0 saturated heterocycles. The molecule has 2 unspecified atom stereocenters. The fourth-order valence-corrected chi connectivity index (χ4v) is 8.69. The molecule has 7 rings (SSSR count). The van der Waals surface area contributed by atoms with E-state index in [2.05, 4.69) is 118 Å². The van der Waals surface area contributed by atoms with Gasteiger partial charge in [0.1, 0.15) is 17.3 Å². The molecule has 0 radical (unpaired) electrons. The molecule has 0 N–H and O–H groups in total. The number of aryl methyl sites for hydroxylation is 2. The number of imidazole rings is 1. The van der Waals surface area contributed by atoms with E-state index in [1.807, 2.05) is 0 Å². The van der Waals surface area contributed by atoms with Crippen molar-refractivity contribution in [2.45, 2.75) is 97.9 Å². The van der Waals surface area contributed by atoms with Crippen LogP contribution in [-0.2, 0) is 17.4 Å². The summed E-state index contributed by atoms with van der Waals surface area (Å²) in [6, 6.07) is 21.3. The zero-order chi connectivity index (χ0) is 27.3. The van der Waals surface area contributed by atoms with Crippen LogP contribution in [0.15, 0.2) is 60.8 Å². The Morgan fingerprint density at radius 3 is 2.26 bits per heavy atom. The number of hydrogen-bond donors (Lipinski definition) is 0. The molecule has 0 amide bonds. The maximum Gasteiger partial charge on any atom is 0.296 e. The van der Waals surface area contributed by atoms with Crippen LogP contribution < -0.4 is 4.57 Å². The van der Waals surface area contributed by atoms with E-state index in [0.29, 0.717) is 5.41 Å². The Balaban J connectivity index is 1.70. The van der Waals surface area contributed by atoms with Gasteiger partial charge < -0.3 is 0 Å². The second-order valence-corrected chi connectivity index (χ2v) is 13.4. The van der Waals surface area contributed by atoms with E-state index in [4.69, 9.17) is 0 Å². The molecule has 0 spiro atoms. The number of rotatable bonds is 6. The summed E-state index contributed by atoms with van der Waals surface area (Å²) in [7, 11) is 0. The quantitative estimate of drug-likeness (QED) is 0.157. The van der Waals surface area contributed by atoms with Crippen molar-refractivity contribution in [3.63, 3.8) is 0 Å². The van der Waals surface area contributed by atoms with Crippen molar-refractivity contribution in [1.82, 2.24) is 4.40 Å². The highest BCUT2D eigenvalue weighted by Gasteiger charge is 2.65. The van der Waals surface area contributed by atoms with Crippen LogP contribution in [0.1, 0.15) is 89.0 Å². The first-order valence-electron chi connectivity index (χ1n) is 15.2. The van der Waals surface area contributed by atoms with E-state index < -0.39 is 0 Å². The summed E-state index contributed by atoms with van der Waals surface area (Å²) in [5.41, 5.74) is 11.8. The van der Waals surface area contributed by atoms with Gasteiger partial charge in [-0.2, -0.15) is 4.40 Å². The molecule has 2 heteroatoms. The van der Waals surface area contributed by atoms with Gasteiger partial charge in [-0.15, -0.1) is 0 Å². The van der Waals surface area contributed by atoms with Gasteiger partial charge in [0.25, 0.3) is 5.65 Å². The maximum atomic E-state index is 2.75. The van der Waals surface area contributed by atoms with Gasteiger partial charge in [-0.25, -0.2) is 4.57 Å². The average molecular weight is 516 g/mol. The fourth-order valence-electron chi connectivity index (χ4n) is 8.69. The number of hydrogen-bond acceptors (Lipinski definition) is 0. The SMILES string of the molecule is CCC(C)(C)Cc1ccc2c(c1)c1cccc3c1c1n2c(-c2c(C)cccc2C)c[n+]1C1(CC)CCC31CC. The topological polar surface area (TPSA) is 8.29 Å². The van der Waals surface area contributed by atoms with E-state index >= 15 is 0 Å². The van der Waals surface area contributed by atoms with E-state index in [-0.39, 0.29) is 11.0 Å². The Morgan fingerprint density at radius 1 is 0.872 bits per heavy atom. The van der Waals surface area contributed by atoms with Crippen LogP contribution in [0.5, 0.6) is 0 Å². The second-order valence-electron chi connectivity index (χ2n) is 13.4. The van der Waals surface area contributed by atoms with Gasteiger partial charge in [-0.3, -0.25) is 0 Å². The Kier molecular flexibility index (Phi) is 5.23. The number of benzene rings is 3. The molecule has 1 aliphatic carbocycles. The minimum absolute atomic E-state index is 0.141. The van der Waals surface area contributed by atoms with E-state index in [0.717, 1.165) is 12.8 Å². The Labute approximate surface area is 233 Å². The smallest absolute Gasteiger partial charge is 0.223 e. The van der Waals surface area contributed by atoms with Gasteiger partial charge in [0.15, 0.2) is 5.69 Å². The molecule has 39 heavy (non-hydrogen) atoms. The first-order chi connectivity index (χ1) is 18.7. The van der Waals surface area contributed by atoms with Crippen molar-refractivity contribution in [1.29, 1.82) is 0 Å². The monoisotopic (exact) mass is 515 g/mol. The van der Waals surface area contributed by atoms with Gasteiger partial charge in [-0.1, -0.05) is 83.5 Å². The lowest BCUT2D eigenvalue weighted by atomic mass is 9.48. The van der Waals surface area contributed by atoms with Gasteiger partial charge in [-0.05, 0) is 85.8 Å². The van der Waals surface area contributed by atoms with E-state index in [9.17, 15) is 0 Å². The Hall–Kier alpha value is -3.13. The minimum atomic E-state index is 0.141. The lowest BCUT2D eigenvalue weighted by Gasteiger charge is -2.59. The lowest BCUT2D eigenvalue weighted by Crippen LogP contribution is -2.74. The minimum Gasteiger partial charge on any atom is -0.223 e. The molecule has 1 aliphatic heterocycles. The normalized spacial score (nSPS) is 22.1. The predicted octanol–water partition coefficient (Wildman–Crippen LogP) is 9.36. The summed E-state index contributed by atoms with van der Waals surface area (Å²) < 4.78 is 5.39. The molecule has 5 aromatic rings. The van der Waals surface area contributed by atoms with E-state index in [1.165, 1.54) is 81.0 Å². The summed E-state index contributed by atoms with van der Waals surface area (Å²) in [6.07, 6.45) is 9.71. The molecule has 2 aliphatic rings. The van der Waals surface area contributed by atoms with Crippen LogP contribution in [0.4, 0.5) is 0 Å². The molecule has 1 saturated carbocycles. The summed E-state index contributed by atoms with van der Waals surface area (Å²) in [5.74, 6) is 0. The molecule has 2 aromatic heterocycles. The van der Waals surface area contributed by atoms with E-state index in [1.54, 1.807) is 5.56 Å². The van der Waals surface area contributed by atoms with Crippen molar-refractivity contribution in [2.75, 3.05) is 0 Å². The number of pyridine rings is 1. The second kappa shape index (κ2) is 8.19. The molecular formula is C37H43N2+. The van der Waals surface area contributed by atoms with Crippen LogP contribution in [0.3, 0.4) is 0 Å². The Morgan fingerprint density at radius 2 is 1.62 bits per heavy atom. The zero-order valence-corrected chi connectivity index (χ0v) is 24.9. The van der Waals surface area contributed by atoms with Gasteiger partial charge in [0, 0.05) is 21.8 Å². The predicted molar refractivity (Wildman–Crippen MR) is 165 cm³/mol. The highest BCUT2D eigenvalue weighted by Crippen LogP contribution is 2.62. The third-order valence-corrected chi connectivity index (χ3v) is 11.2. The van der Waals surface area contributed by atoms with Crippen LogP contribution in [-0.4, -0.2) is 4.40 Å². The van der Waals surface area contributed by atoms with Crippen LogP contribution in [0.25, 0.3) is 38.6 Å².